The van der Waals surface area contributed by atoms with Crippen LogP contribution in [0.4, 0.5) is 0 Å². The third-order valence-corrected chi connectivity index (χ3v) is 6.74. The molecule has 0 radical (unpaired) electrons. The van der Waals surface area contributed by atoms with Crippen molar-refractivity contribution in [1.82, 2.24) is 20.0 Å². The molecule has 0 bridgehead atoms. The average Bonchev–Trinajstić information content (AvgIpc) is 3.34. The fraction of sp³-hybridized carbons (Fsp3) is 0.828. The molecule has 0 saturated carbocycles. The maximum Gasteiger partial charge on any atom is 0.249 e. The Balaban J connectivity index is 0.000000887. The monoisotopic (exact) mass is 524 g/mol. The van der Waals surface area contributed by atoms with Crippen LogP contribution < -0.4 is 5.32 Å². The predicted octanol–water partition coefficient (Wildman–Crippen LogP) is 4.10. The van der Waals surface area contributed by atoms with Gasteiger partial charge in [0.05, 0.1) is 25.2 Å². The molecule has 0 unspecified atom stereocenters. The standard InChI is InChI=1S/C18H31N3O4.C8H17N.C3H8/c1-13(2)16(20(4)17(23)10-19-12-22)9-14(3)18(24)21-8-6-7-15(21)11-25-5;1-8(2)9-6-4-3-5-7-9;1-3-2/h9,12-13,15-16H,6-8,10-11H2,1-5H3,(H,19,22);8H,3-7H2,1-2H3;3H2,1-2H3/b14-9+;;/t15-,16+;;/m0../s1. The lowest BCUT2D eigenvalue weighted by Crippen LogP contribution is -2.44. The molecule has 2 saturated heterocycles. The van der Waals surface area contributed by atoms with Crippen molar-refractivity contribution in [2.75, 3.05) is 46.9 Å². The lowest BCUT2D eigenvalue weighted by atomic mass is 9.99. The summed E-state index contributed by atoms with van der Waals surface area (Å²) < 4.78 is 5.21. The molecule has 0 aromatic carbocycles. The first-order valence-electron chi connectivity index (χ1n) is 14.2. The minimum atomic E-state index is -0.214. The zero-order chi connectivity index (χ0) is 28.4. The highest BCUT2D eigenvalue weighted by Crippen LogP contribution is 2.21. The number of rotatable bonds is 10. The SMILES string of the molecule is CC(C)N1CCCCC1.CCC.COC[C@@H]1CCCN1C(=O)/C(C)=C/[C@H](C(C)C)N(C)C(=O)CNC=O. The molecule has 2 fully saturated rings. The Morgan fingerprint density at radius 3 is 2.11 bits per heavy atom. The molecule has 2 atom stereocenters. The van der Waals surface area contributed by atoms with E-state index >= 15 is 0 Å². The van der Waals surface area contributed by atoms with Crippen molar-refractivity contribution in [1.29, 1.82) is 0 Å². The van der Waals surface area contributed by atoms with E-state index in [1.165, 1.54) is 38.8 Å². The molecule has 2 heterocycles. The summed E-state index contributed by atoms with van der Waals surface area (Å²) in [6.07, 6.45) is 9.82. The van der Waals surface area contributed by atoms with E-state index in [9.17, 15) is 14.4 Å². The first-order chi connectivity index (χ1) is 17.5. The Morgan fingerprint density at radius 1 is 1.05 bits per heavy atom. The quantitative estimate of drug-likeness (QED) is 0.344. The summed E-state index contributed by atoms with van der Waals surface area (Å²) in [4.78, 5) is 41.3. The number of hydrogen-bond acceptors (Lipinski definition) is 5. The van der Waals surface area contributed by atoms with E-state index in [-0.39, 0.29) is 36.4 Å². The number of methoxy groups -OCH3 is 1. The van der Waals surface area contributed by atoms with E-state index < -0.39 is 0 Å². The van der Waals surface area contributed by atoms with Crippen LogP contribution in [0.2, 0.25) is 0 Å². The number of carbonyl (C=O) groups excluding carboxylic acids is 3. The van der Waals surface area contributed by atoms with Crippen LogP contribution in [-0.2, 0) is 19.1 Å². The third kappa shape index (κ3) is 13.4. The van der Waals surface area contributed by atoms with E-state index in [0.717, 1.165) is 25.4 Å². The number of piperidine rings is 1. The summed E-state index contributed by atoms with van der Waals surface area (Å²) >= 11 is 0. The van der Waals surface area contributed by atoms with Gasteiger partial charge in [0, 0.05) is 32.3 Å². The van der Waals surface area contributed by atoms with E-state index in [1.807, 2.05) is 24.8 Å². The van der Waals surface area contributed by atoms with Crippen LogP contribution >= 0.6 is 0 Å². The highest BCUT2D eigenvalue weighted by molar-refractivity contribution is 5.93. The normalized spacial score (nSPS) is 18.9. The van der Waals surface area contributed by atoms with Crippen LogP contribution in [0.5, 0.6) is 0 Å². The molecule has 8 nitrogen and oxygen atoms in total. The number of ether oxygens (including phenoxy) is 1. The van der Waals surface area contributed by atoms with Gasteiger partial charge in [-0.2, -0.15) is 0 Å². The average molecular weight is 525 g/mol. The number of nitrogens with zero attached hydrogens (tertiary/aromatic N) is 3. The molecule has 37 heavy (non-hydrogen) atoms. The van der Waals surface area contributed by atoms with Crippen LogP contribution in [0.3, 0.4) is 0 Å². The molecule has 0 aromatic rings. The van der Waals surface area contributed by atoms with E-state index in [1.54, 1.807) is 26.0 Å². The largest absolute Gasteiger partial charge is 0.383 e. The van der Waals surface area contributed by atoms with Gasteiger partial charge in [-0.3, -0.25) is 14.4 Å². The minimum Gasteiger partial charge on any atom is -0.383 e. The number of hydrogen-bond donors (Lipinski definition) is 1. The van der Waals surface area contributed by atoms with Crippen LogP contribution in [0.25, 0.3) is 0 Å². The van der Waals surface area contributed by atoms with Crippen molar-refractivity contribution < 1.29 is 19.1 Å². The van der Waals surface area contributed by atoms with Gasteiger partial charge in [0.1, 0.15) is 0 Å². The Labute approximate surface area is 227 Å². The first kappa shape index (κ1) is 35.1. The summed E-state index contributed by atoms with van der Waals surface area (Å²) in [5.41, 5.74) is 0.629. The Morgan fingerprint density at radius 2 is 1.65 bits per heavy atom. The highest BCUT2D eigenvalue weighted by atomic mass is 16.5. The molecule has 2 aliphatic rings. The van der Waals surface area contributed by atoms with Gasteiger partial charge < -0.3 is 24.8 Å². The molecule has 3 amide bonds. The van der Waals surface area contributed by atoms with Crippen molar-refractivity contribution in [3.8, 4) is 0 Å². The second-order valence-electron chi connectivity index (χ2n) is 10.7. The smallest absolute Gasteiger partial charge is 0.249 e. The molecule has 216 valence electrons. The molecule has 2 aliphatic heterocycles. The molecule has 8 heteroatoms. The van der Waals surface area contributed by atoms with E-state index in [4.69, 9.17) is 4.74 Å². The zero-order valence-corrected chi connectivity index (χ0v) is 25.2. The fourth-order valence-electron chi connectivity index (χ4n) is 4.63. The second-order valence-corrected chi connectivity index (χ2v) is 10.7. The number of nitrogens with one attached hydrogen (secondary N) is 1. The van der Waals surface area contributed by atoms with Crippen molar-refractivity contribution in [2.24, 2.45) is 5.92 Å². The van der Waals surface area contributed by atoms with Crippen molar-refractivity contribution in [3.05, 3.63) is 11.6 Å². The van der Waals surface area contributed by atoms with Crippen LogP contribution in [0.15, 0.2) is 11.6 Å². The first-order valence-corrected chi connectivity index (χ1v) is 14.2. The summed E-state index contributed by atoms with van der Waals surface area (Å²) in [5.74, 6) is -0.0564. The van der Waals surface area contributed by atoms with Gasteiger partial charge in [-0.05, 0) is 65.5 Å². The Hall–Kier alpha value is -1.93. The molecule has 0 spiro atoms. The lowest BCUT2D eigenvalue weighted by Gasteiger charge is -2.30. The van der Waals surface area contributed by atoms with Gasteiger partial charge >= 0.3 is 0 Å². The van der Waals surface area contributed by atoms with E-state index in [2.05, 4.69) is 37.9 Å². The second kappa shape index (κ2) is 20.1. The third-order valence-electron chi connectivity index (χ3n) is 6.74. The molecular formula is C29H56N4O4. The molecule has 0 aliphatic carbocycles. The van der Waals surface area contributed by atoms with Crippen molar-refractivity contribution in [3.63, 3.8) is 0 Å². The van der Waals surface area contributed by atoms with Gasteiger partial charge in [-0.1, -0.05) is 46.6 Å². The molecular weight excluding hydrogens is 468 g/mol. The van der Waals surface area contributed by atoms with Gasteiger partial charge in [0.2, 0.25) is 18.2 Å². The van der Waals surface area contributed by atoms with Crippen LogP contribution in [0.1, 0.15) is 87.0 Å². The zero-order valence-electron chi connectivity index (χ0n) is 25.2. The lowest BCUT2D eigenvalue weighted by molar-refractivity contribution is -0.132. The minimum absolute atomic E-state index is 0.00272. The summed E-state index contributed by atoms with van der Waals surface area (Å²) in [7, 11) is 3.34. The Kier molecular flexibility index (Phi) is 19.0. The van der Waals surface area contributed by atoms with Crippen molar-refractivity contribution in [2.45, 2.75) is 105 Å². The number of likely N-dealkylation sites (N-methyl/N-ethyl adjacent to an activating group) is 1. The number of amides is 3. The summed E-state index contributed by atoms with van der Waals surface area (Å²) in [6.45, 7) is 18.5. The van der Waals surface area contributed by atoms with Crippen LogP contribution in [-0.4, -0.2) is 98.0 Å². The van der Waals surface area contributed by atoms with Crippen molar-refractivity contribution >= 4 is 18.2 Å². The molecule has 1 N–H and O–H groups in total. The van der Waals surface area contributed by atoms with E-state index in [0.29, 0.717) is 18.6 Å². The maximum absolute atomic E-state index is 12.8. The summed E-state index contributed by atoms with van der Waals surface area (Å²) in [6, 6.07) is 0.674. The summed E-state index contributed by atoms with van der Waals surface area (Å²) in [5, 5.41) is 2.38. The van der Waals surface area contributed by atoms with Gasteiger partial charge in [0.25, 0.3) is 0 Å². The Bertz CT molecular complexity index is 675. The van der Waals surface area contributed by atoms with Gasteiger partial charge in [-0.15, -0.1) is 0 Å². The predicted molar refractivity (Wildman–Crippen MR) is 152 cm³/mol. The number of likely N-dealkylation sites (tertiary alicyclic amines) is 2. The molecule has 2 rings (SSSR count). The fourth-order valence-corrected chi connectivity index (χ4v) is 4.63. The number of carbonyl (C=O) groups is 3. The molecule has 0 aromatic heterocycles. The maximum atomic E-state index is 12.8. The van der Waals surface area contributed by atoms with Crippen LogP contribution in [0, 0.1) is 5.92 Å². The van der Waals surface area contributed by atoms with Gasteiger partial charge in [-0.25, -0.2) is 0 Å². The highest BCUT2D eigenvalue weighted by Gasteiger charge is 2.30. The topological polar surface area (TPSA) is 82.2 Å². The van der Waals surface area contributed by atoms with Gasteiger partial charge in [0.15, 0.2) is 0 Å².